The van der Waals surface area contributed by atoms with Crippen molar-refractivity contribution in [3.05, 3.63) is 47.5 Å². The van der Waals surface area contributed by atoms with E-state index < -0.39 is 17.6 Å². The molecule has 2 N–H and O–H groups in total. The highest BCUT2D eigenvalue weighted by Crippen LogP contribution is 2.39. The van der Waals surface area contributed by atoms with Gasteiger partial charge in [0.15, 0.2) is 11.6 Å². The summed E-state index contributed by atoms with van der Waals surface area (Å²) in [6.07, 6.45) is 0.487. The van der Waals surface area contributed by atoms with Gasteiger partial charge in [0.1, 0.15) is 6.33 Å². The van der Waals surface area contributed by atoms with Crippen LogP contribution in [-0.4, -0.2) is 48.0 Å². The summed E-state index contributed by atoms with van der Waals surface area (Å²) in [7, 11) is 0. The zero-order chi connectivity index (χ0) is 23.5. The maximum Gasteiger partial charge on any atom is 0.416 e. The number of anilines is 2. The Kier molecular flexibility index (Phi) is 7.04. The summed E-state index contributed by atoms with van der Waals surface area (Å²) in [5, 5.41) is 12.6. The molecule has 10 heteroatoms. The number of halogens is 4. The number of benzene rings is 1. The molecule has 1 aromatic heterocycles. The van der Waals surface area contributed by atoms with E-state index in [1.165, 1.54) is 18.5 Å². The predicted molar refractivity (Wildman–Crippen MR) is 115 cm³/mol. The van der Waals surface area contributed by atoms with E-state index in [0.717, 1.165) is 31.4 Å². The molecule has 1 atom stereocenters. The van der Waals surface area contributed by atoms with Gasteiger partial charge in [0, 0.05) is 32.9 Å². The van der Waals surface area contributed by atoms with Crippen molar-refractivity contribution in [3.8, 4) is 0 Å². The number of aliphatic hydroxyl groups is 1. The van der Waals surface area contributed by atoms with Gasteiger partial charge >= 0.3 is 6.18 Å². The average Bonchev–Trinajstić information content (AvgIpc) is 3.28. The summed E-state index contributed by atoms with van der Waals surface area (Å²) in [6.45, 7) is 2.24. The van der Waals surface area contributed by atoms with Crippen molar-refractivity contribution in [3.63, 3.8) is 0 Å². The quantitative estimate of drug-likeness (QED) is 0.581. The Morgan fingerprint density at radius 2 is 1.88 bits per heavy atom. The van der Waals surface area contributed by atoms with Crippen LogP contribution in [0.15, 0.2) is 30.6 Å². The fourth-order valence-electron chi connectivity index (χ4n) is 4.77. The lowest BCUT2D eigenvalue weighted by atomic mass is 9.77. The van der Waals surface area contributed by atoms with Crippen molar-refractivity contribution in [2.75, 3.05) is 43.1 Å². The summed E-state index contributed by atoms with van der Waals surface area (Å²) in [6, 6.07) is 4.76. The van der Waals surface area contributed by atoms with Gasteiger partial charge in [0.05, 0.1) is 11.6 Å². The monoisotopic (exact) mass is 468 g/mol. The van der Waals surface area contributed by atoms with Gasteiger partial charge < -0.3 is 20.1 Å². The SMILES string of the molecule is OCCC1(CNc2ncnc(N3CCCC3c3ccc(C(F)(F)F)cc3)c2F)CCOCC1. The number of nitrogens with one attached hydrogen (secondary N) is 1. The molecule has 1 unspecified atom stereocenters. The normalized spacial score (nSPS) is 20.8. The van der Waals surface area contributed by atoms with Crippen LogP contribution in [0.4, 0.5) is 29.2 Å². The summed E-state index contributed by atoms with van der Waals surface area (Å²) in [5.41, 5.74) is -0.210. The van der Waals surface area contributed by atoms with Gasteiger partial charge in [-0.2, -0.15) is 17.6 Å². The maximum absolute atomic E-state index is 15.4. The standard InChI is InChI=1S/C23H28F4N4O2/c24-19-20(28-14-22(7-11-32)8-12-33-13-9-22)29-15-30-21(19)31-10-1-2-18(31)16-3-5-17(6-4-16)23(25,26)27/h3-6,15,18,32H,1-2,7-14H2,(H,28,29,30). The Morgan fingerprint density at radius 3 is 2.55 bits per heavy atom. The first-order chi connectivity index (χ1) is 15.8. The zero-order valence-corrected chi connectivity index (χ0v) is 18.2. The van der Waals surface area contributed by atoms with Crippen LogP contribution in [0.1, 0.15) is 49.3 Å². The van der Waals surface area contributed by atoms with Crippen molar-refractivity contribution < 1.29 is 27.4 Å². The number of rotatable bonds is 7. The highest BCUT2D eigenvalue weighted by molar-refractivity contribution is 5.53. The molecule has 2 fully saturated rings. The van der Waals surface area contributed by atoms with Gasteiger partial charge in [0.2, 0.25) is 5.82 Å². The van der Waals surface area contributed by atoms with Crippen LogP contribution in [-0.2, 0) is 10.9 Å². The molecule has 0 saturated carbocycles. The summed E-state index contributed by atoms with van der Waals surface area (Å²) >= 11 is 0. The van der Waals surface area contributed by atoms with E-state index in [4.69, 9.17) is 4.74 Å². The van der Waals surface area contributed by atoms with E-state index in [2.05, 4.69) is 15.3 Å². The second-order valence-corrected chi connectivity index (χ2v) is 8.77. The number of nitrogens with zero attached hydrogens (tertiary/aromatic N) is 3. The Morgan fingerprint density at radius 1 is 1.15 bits per heavy atom. The topological polar surface area (TPSA) is 70.5 Å². The van der Waals surface area contributed by atoms with E-state index in [0.29, 0.717) is 44.7 Å². The Balaban J connectivity index is 1.52. The van der Waals surface area contributed by atoms with Crippen molar-refractivity contribution in [1.82, 2.24) is 9.97 Å². The van der Waals surface area contributed by atoms with Crippen LogP contribution in [0.25, 0.3) is 0 Å². The molecule has 0 bridgehead atoms. The van der Waals surface area contributed by atoms with Crippen LogP contribution in [0, 0.1) is 11.2 Å². The number of aliphatic hydroxyl groups excluding tert-OH is 1. The molecule has 2 aliphatic rings. The molecule has 6 nitrogen and oxygen atoms in total. The smallest absolute Gasteiger partial charge is 0.396 e. The highest BCUT2D eigenvalue weighted by Gasteiger charge is 2.35. The van der Waals surface area contributed by atoms with Crippen molar-refractivity contribution in [2.24, 2.45) is 5.41 Å². The molecule has 2 saturated heterocycles. The molecule has 180 valence electrons. The Labute approximate surface area is 190 Å². The number of hydrogen-bond acceptors (Lipinski definition) is 6. The molecule has 0 spiro atoms. The number of aromatic nitrogens is 2. The lowest BCUT2D eigenvalue weighted by Gasteiger charge is -2.37. The first-order valence-electron chi connectivity index (χ1n) is 11.2. The summed E-state index contributed by atoms with van der Waals surface area (Å²) < 4.78 is 59.6. The lowest BCUT2D eigenvalue weighted by Crippen LogP contribution is -2.37. The van der Waals surface area contributed by atoms with Crippen LogP contribution >= 0.6 is 0 Å². The Hall–Kier alpha value is -2.46. The third-order valence-corrected chi connectivity index (χ3v) is 6.75. The molecule has 4 rings (SSSR count). The molecule has 0 radical (unpaired) electrons. The van der Waals surface area contributed by atoms with E-state index in [1.54, 1.807) is 4.90 Å². The van der Waals surface area contributed by atoms with Crippen LogP contribution < -0.4 is 10.2 Å². The third kappa shape index (κ3) is 5.22. The highest BCUT2D eigenvalue weighted by atomic mass is 19.4. The van der Waals surface area contributed by atoms with E-state index in [-0.39, 0.29) is 29.7 Å². The minimum absolute atomic E-state index is 0.0434. The fourth-order valence-corrected chi connectivity index (χ4v) is 4.77. The first-order valence-corrected chi connectivity index (χ1v) is 11.2. The molecule has 3 heterocycles. The van der Waals surface area contributed by atoms with Gasteiger partial charge in [-0.15, -0.1) is 0 Å². The second-order valence-electron chi connectivity index (χ2n) is 8.77. The van der Waals surface area contributed by atoms with E-state index >= 15 is 4.39 Å². The minimum Gasteiger partial charge on any atom is -0.396 e. The van der Waals surface area contributed by atoms with Gasteiger partial charge in [0.25, 0.3) is 0 Å². The van der Waals surface area contributed by atoms with Gasteiger partial charge in [-0.3, -0.25) is 0 Å². The molecule has 0 amide bonds. The average molecular weight is 468 g/mol. The van der Waals surface area contributed by atoms with Crippen LogP contribution in [0.2, 0.25) is 0 Å². The van der Waals surface area contributed by atoms with Gasteiger partial charge in [-0.1, -0.05) is 12.1 Å². The van der Waals surface area contributed by atoms with Crippen LogP contribution in [0.5, 0.6) is 0 Å². The molecule has 2 aliphatic heterocycles. The fraction of sp³-hybridized carbons (Fsp3) is 0.565. The summed E-state index contributed by atoms with van der Waals surface area (Å²) in [5.74, 6) is -0.359. The molecule has 33 heavy (non-hydrogen) atoms. The molecule has 0 aliphatic carbocycles. The van der Waals surface area contributed by atoms with E-state index in [1.807, 2.05) is 0 Å². The zero-order valence-electron chi connectivity index (χ0n) is 18.2. The Bertz CT molecular complexity index is 928. The lowest BCUT2D eigenvalue weighted by molar-refractivity contribution is -0.137. The number of ether oxygens (including phenoxy) is 1. The summed E-state index contributed by atoms with van der Waals surface area (Å²) in [4.78, 5) is 10.0. The predicted octanol–water partition coefficient (Wildman–Crippen LogP) is 4.57. The van der Waals surface area contributed by atoms with Crippen LogP contribution in [0.3, 0.4) is 0 Å². The van der Waals surface area contributed by atoms with Crippen molar-refractivity contribution in [2.45, 2.75) is 44.3 Å². The molecular weight excluding hydrogens is 440 g/mol. The van der Waals surface area contributed by atoms with Gasteiger partial charge in [-0.25, -0.2) is 9.97 Å². The largest absolute Gasteiger partial charge is 0.416 e. The third-order valence-electron chi connectivity index (χ3n) is 6.75. The number of hydrogen-bond donors (Lipinski definition) is 2. The molecule has 2 aromatic rings. The maximum atomic E-state index is 15.4. The van der Waals surface area contributed by atoms with Gasteiger partial charge in [-0.05, 0) is 55.2 Å². The first kappa shape index (κ1) is 23.7. The van der Waals surface area contributed by atoms with Crippen molar-refractivity contribution >= 4 is 11.6 Å². The number of alkyl halides is 3. The molecule has 1 aromatic carbocycles. The second kappa shape index (κ2) is 9.80. The molecular formula is C23H28F4N4O2. The minimum atomic E-state index is -4.40. The van der Waals surface area contributed by atoms with E-state index in [9.17, 15) is 18.3 Å². The van der Waals surface area contributed by atoms with Crippen molar-refractivity contribution in [1.29, 1.82) is 0 Å².